The summed E-state index contributed by atoms with van der Waals surface area (Å²) in [6, 6.07) is 9.92. The molecule has 1 aromatic carbocycles. The Morgan fingerprint density at radius 1 is 1.17 bits per heavy atom. The molecule has 24 heavy (non-hydrogen) atoms. The van der Waals surface area contributed by atoms with Gasteiger partial charge in [-0.25, -0.2) is 4.72 Å². The zero-order chi connectivity index (χ0) is 18.0. The topological polar surface area (TPSA) is 69.6 Å². The van der Waals surface area contributed by atoms with Crippen molar-refractivity contribution in [3.63, 3.8) is 0 Å². The average molecular weight is 357 g/mol. The maximum atomic E-state index is 12.5. The highest BCUT2D eigenvalue weighted by Crippen LogP contribution is 2.10. The summed E-state index contributed by atoms with van der Waals surface area (Å²) in [6.07, 6.45) is 2.36. The summed E-state index contributed by atoms with van der Waals surface area (Å²) in [5.41, 5.74) is 1.15. The second kappa shape index (κ2) is 10.8. The summed E-state index contributed by atoms with van der Waals surface area (Å²) < 4.78 is 28.9. The number of rotatable bonds is 12. The minimum absolute atomic E-state index is 0.131. The lowest BCUT2D eigenvalue weighted by Crippen LogP contribution is -2.46. The quantitative estimate of drug-likeness (QED) is 0.566. The second-order valence-electron chi connectivity index (χ2n) is 6.64. The van der Waals surface area contributed by atoms with E-state index in [1.54, 1.807) is 0 Å². The van der Waals surface area contributed by atoms with Crippen LogP contribution in [0.4, 0.5) is 0 Å². The molecule has 0 amide bonds. The molecular formula is C18H32N2O3S. The molecule has 6 heteroatoms. The number of benzene rings is 1. The van der Waals surface area contributed by atoms with Gasteiger partial charge >= 0.3 is 0 Å². The predicted octanol–water partition coefficient (Wildman–Crippen LogP) is 2.57. The molecule has 0 radical (unpaired) electrons. The molecule has 0 aromatic heterocycles. The zero-order valence-corrected chi connectivity index (χ0v) is 15.9. The Bertz CT molecular complexity index is 547. The highest BCUT2D eigenvalue weighted by atomic mass is 32.2. The second-order valence-corrected chi connectivity index (χ2v) is 8.40. The molecule has 0 saturated heterocycles. The summed E-state index contributed by atoms with van der Waals surface area (Å²) in [4.78, 5) is 0. The summed E-state index contributed by atoms with van der Waals surface area (Å²) in [5, 5.41) is 10.3. The molecule has 0 saturated carbocycles. The molecule has 0 unspecified atom stereocenters. The van der Waals surface area contributed by atoms with Gasteiger partial charge in [-0.05, 0) is 30.7 Å². The Balaban J connectivity index is 2.60. The van der Waals surface area contributed by atoms with Gasteiger partial charge in [0.05, 0.1) is 6.10 Å². The van der Waals surface area contributed by atoms with Crippen LogP contribution in [0.15, 0.2) is 30.3 Å². The largest absolute Gasteiger partial charge is 0.392 e. The Morgan fingerprint density at radius 3 is 2.42 bits per heavy atom. The van der Waals surface area contributed by atoms with E-state index in [9.17, 15) is 13.5 Å². The summed E-state index contributed by atoms with van der Waals surface area (Å²) >= 11 is 0. The van der Waals surface area contributed by atoms with E-state index in [0.717, 1.165) is 24.8 Å². The third-order valence-electron chi connectivity index (χ3n) is 3.75. The minimum Gasteiger partial charge on any atom is -0.392 e. The third kappa shape index (κ3) is 8.24. The molecule has 0 bridgehead atoms. The van der Waals surface area contributed by atoms with Gasteiger partial charge in [0.2, 0.25) is 0 Å². The number of aliphatic hydroxyl groups is 1. The maximum Gasteiger partial charge on any atom is 0.279 e. The van der Waals surface area contributed by atoms with E-state index in [0.29, 0.717) is 19.5 Å². The van der Waals surface area contributed by atoms with Crippen molar-refractivity contribution in [1.29, 1.82) is 0 Å². The highest BCUT2D eigenvalue weighted by molar-refractivity contribution is 7.87. The fraction of sp³-hybridized carbons (Fsp3) is 0.667. The van der Waals surface area contributed by atoms with Crippen LogP contribution in [0.1, 0.15) is 45.6 Å². The Labute approximate surface area is 147 Å². The van der Waals surface area contributed by atoms with Crippen LogP contribution in [0, 0.1) is 5.92 Å². The Kier molecular flexibility index (Phi) is 9.51. The number of nitrogens with one attached hydrogen (secondary N) is 1. The van der Waals surface area contributed by atoms with Crippen LogP contribution in [-0.2, 0) is 16.6 Å². The molecule has 0 spiro atoms. The molecule has 0 heterocycles. The molecule has 1 aromatic rings. The lowest BCUT2D eigenvalue weighted by molar-refractivity contribution is 0.133. The molecular weight excluding hydrogens is 324 g/mol. The van der Waals surface area contributed by atoms with Gasteiger partial charge in [0.25, 0.3) is 10.2 Å². The number of aliphatic hydroxyl groups excluding tert-OH is 1. The van der Waals surface area contributed by atoms with Crippen LogP contribution in [-0.4, -0.2) is 43.6 Å². The zero-order valence-electron chi connectivity index (χ0n) is 15.1. The molecule has 2 N–H and O–H groups in total. The third-order valence-corrected chi connectivity index (χ3v) is 5.29. The van der Waals surface area contributed by atoms with Gasteiger partial charge < -0.3 is 5.11 Å². The van der Waals surface area contributed by atoms with Crippen LogP contribution in [0.3, 0.4) is 0 Å². The van der Waals surface area contributed by atoms with Crippen molar-refractivity contribution in [2.75, 3.05) is 19.6 Å². The fourth-order valence-electron chi connectivity index (χ4n) is 2.45. The summed E-state index contributed by atoms with van der Waals surface area (Å²) in [7, 11) is -3.54. The van der Waals surface area contributed by atoms with E-state index >= 15 is 0 Å². The van der Waals surface area contributed by atoms with E-state index in [1.165, 1.54) is 4.31 Å². The Hall–Kier alpha value is -0.950. The lowest BCUT2D eigenvalue weighted by Gasteiger charge is -2.26. The van der Waals surface area contributed by atoms with Crippen molar-refractivity contribution < 1.29 is 13.5 Å². The van der Waals surface area contributed by atoms with E-state index in [4.69, 9.17) is 0 Å². The van der Waals surface area contributed by atoms with Crippen molar-refractivity contribution in [3.8, 4) is 0 Å². The van der Waals surface area contributed by atoms with E-state index in [-0.39, 0.29) is 12.5 Å². The van der Waals surface area contributed by atoms with Gasteiger partial charge in [-0.1, -0.05) is 57.5 Å². The molecule has 0 fully saturated rings. The number of hydrogen-bond acceptors (Lipinski definition) is 3. The number of aryl methyl sites for hydroxylation is 1. The van der Waals surface area contributed by atoms with Gasteiger partial charge in [0, 0.05) is 19.6 Å². The van der Waals surface area contributed by atoms with Crippen LogP contribution < -0.4 is 4.72 Å². The van der Waals surface area contributed by atoms with Crippen molar-refractivity contribution in [2.24, 2.45) is 5.92 Å². The van der Waals surface area contributed by atoms with Gasteiger partial charge in [-0.3, -0.25) is 0 Å². The van der Waals surface area contributed by atoms with Gasteiger partial charge in [-0.2, -0.15) is 12.7 Å². The molecule has 0 aliphatic rings. The highest BCUT2D eigenvalue weighted by Gasteiger charge is 2.24. The number of hydrogen-bond donors (Lipinski definition) is 2. The van der Waals surface area contributed by atoms with Crippen LogP contribution in [0.2, 0.25) is 0 Å². The molecule has 1 rings (SSSR count). The van der Waals surface area contributed by atoms with Crippen LogP contribution >= 0.6 is 0 Å². The van der Waals surface area contributed by atoms with Crippen molar-refractivity contribution >= 4 is 10.2 Å². The van der Waals surface area contributed by atoms with Crippen LogP contribution in [0.5, 0.6) is 0 Å². The predicted molar refractivity (Wildman–Crippen MR) is 99.0 cm³/mol. The van der Waals surface area contributed by atoms with Crippen molar-refractivity contribution in [1.82, 2.24) is 9.03 Å². The fourth-order valence-corrected chi connectivity index (χ4v) is 3.90. The first-order chi connectivity index (χ1) is 11.3. The normalized spacial score (nSPS) is 13.6. The molecule has 5 nitrogen and oxygen atoms in total. The van der Waals surface area contributed by atoms with Crippen molar-refractivity contribution in [2.45, 2.75) is 52.6 Å². The first-order valence-electron chi connectivity index (χ1n) is 8.82. The molecule has 1 atom stereocenters. The minimum atomic E-state index is -3.54. The number of unbranched alkanes of at least 4 members (excludes halogenated alkanes) is 1. The van der Waals surface area contributed by atoms with Gasteiger partial charge in [0.15, 0.2) is 0 Å². The first kappa shape index (κ1) is 21.1. The van der Waals surface area contributed by atoms with Crippen LogP contribution in [0.25, 0.3) is 0 Å². The SMILES string of the molecule is CCCCNS(=O)(=O)N(CC(C)C)C[C@H](O)CCc1ccccc1. The van der Waals surface area contributed by atoms with Crippen molar-refractivity contribution in [3.05, 3.63) is 35.9 Å². The Morgan fingerprint density at radius 2 is 1.83 bits per heavy atom. The van der Waals surface area contributed by atoms with Gasteiger partial charge in [0.1, 0.15) is 0 Å². The monoisotopic (exact) mass is 356 g/mol. The average Bonchev–Trinajstić information content (AvgIpc) is 2.53. The smallest absolute Gasteiger partial charge is 0.279 e. The number of nitrogens with zero attached hydrogens (tertiary/aromatic N) is 1. The summed E-state index contributed by atoms with van der Waals surface area (Å²) in [5.74, 6) is 0.203. The van der Waals surface area contributed by atoms with E-state index in [1.807, 2.05) is 51.1 Å². The molecule has 0 aliphatic carbocycles. The standard InChI is InChI=1S/C18H32N2O3S/c1-4-5-13-19-24(22,23)20(14-16(2)3)15-18(21)12-11-17-9-7-6-8-10-17/h6-10,16,18-19,21H,4-5,11-15H2,1-3H3/t18-/m1/s1. The van der Waals surface area contributed by atoms with Gasteiger partial charge in [-0.15, -0.1) is 0 Å². The maximum absolute atomic E-state index is 12.5. The molecule has 138 valence electrons. The van der Waals surface area contributed by atoms with E-state index < -0.39 is 16.3 Å². The first-order valence-corrected chi connectivity index (χ1v) is 10.3. The molecule has 0 aliphatic heterocycles. The lowest BCUT2D eigenvalue weighted by atomic mass is 10.1. The summed E-state index contributed by atoms with van der Waals surface area (Å²) in [6.45, 7) is 6.95. The van der Waals surface area contributed by atoms with E-state index in [2.05, 4.69) is 4.72 Å².